The van der Waals surface area contributed by atoms with Crippen LogP contribution >= 0.6 is 0 Å². The summed E-state index contributed by atoms with van der Waals surface area (Å²) in [6.07, 6.45) is 0.788. The number of likely N-dealkylation sites (tertiary alicyclic amines) is 1. The van der Waals surface area contributed by atoms with Gasteiger partial charge < -0.3 is 20.1 Å². The molecule has 0 spiro atoms. The van der Waals surface area contributed by atoms with E-state index in [4.69, 9.17) is 10.3 Å². The summed E-state index contributed by atoms with van der Waals surface area (Å²) in [6, 6.07) is 7.73. The predicted molar refractivity (Wildman–Crippen MR) is 95.5 cm³/mol. The summed E-state index contributed by atoms with van der Waals surface area (Å²) in [7, 11) is 0. The number of carbonyl (C=O) groups excluding carboxylic acids is 2. The molecule has 3 heterocycles. The summed E-state index contributed by atoms with van der Waals surface area (Å²) in [5.74, 6) is 0.189. The molecule has 9 heteroatoms. The third-order valence-electron chi connectivity index (χ3n) is 4.91. The number of nitrogens with two attached hydrogens (primary N) is 1. The second-order valence-corrected chi connectivity index (χ2v) is 6.79. The van der Waals surface area contributed by atoms with Gasteiger partial charge in [-0.3, -0.25) is 9.59 Å². The van der Waals surface area contributed by atoms with Crippen molar-refractivity contribution in [3.05, 3.63) is 41.8 Å². The van der Waals surface area contributed by atoms with E-state index in [9.17, 15) is 9.59 Å². The van der Waals surface area contributed by atoms with Gasteiger partial charge in [0.15, 0.2) is 5.82 Å². The van der Waals surface area contributed by atoms with Crippen LogP contribution in [0.1, 0.15) is 29.9 Å². The molecule has 1 saturated heterocycles. The molecule has 0 saturated carbocycles. The number of benzene rings is 1. The van der Waals surface area contributed by atoms with Gasteiger partial charge in [-0.25, -0.2) is 4.98 Å². The molecule has 3 aromatic rings. The highest BCUT2D eigenvalue weighted by molar-refractivity contribution is 5.82. The number of primary amides is 1. The van der Waals surface area contributed by atoms with E-state index in [0.717, 1.165) is 16.9 Å². The minimum atomic E-state index is -0.528. The Morgan fingerprint density at radius 1 is 1.30 bits per heavy atom. The Balaban J connectivity index is 1.43. The van der Waals surface area contributed by atoms with Crippen LogP contribution in [-0.2, 0) is 16.0 Å². The summed E-state index contributed by atoms with van der Waals surface area (Å²) in [4.78, 5) is 38.0. The van der Waals surface area contributed by atoms with Crippen molar-refractivity contribution in [2.24, 2.45) is 11.7 Å². The Hall–Kier alpha value is -3.23. The van der Waals surface area contributed by atoms with Crippen LogP contribution in [-0.4, -0.2) is 49.9 Å². The lowest BCUT2D eigenvalue weighted by Gasteiger charge is -2.15. The number of aromatic nitrogens is 4. The largest absolute Gasteiger partial charge is 0.369 e. The lowest BCUT2D eigenvalue weighted by Crippen LogP contribution is -2.32. The smallest absolute Gasteiger partial charge is 0.232 e. The first-order valence-corrected chi connectivity index (χ1v) is 8.82. The highest BCUT2D eigenvalue weighted by Crippen LogP contribution is 2.32. The molecule has 3 N–H and O–H groups in total. The van der Waals surface area contributed by atoms with Gasteiger partial charge in [-0.2, -0.15) is 4.98 Å². The minimum Gasteiger partial charge on any atom is -0.369 e. The van der Waals surface area contributed by atoms with Crippen LogP contribution in [0.4, 0.5) is 0 Å². The normalized spacial score (nSPS) is 19.7. The van der Waals surface area contributed by atoms with Crippen LogP contribution in [0.15, 0.2) is 28.8 Å². The lowest BCUT2D eigenvalue weighted by atomic mass is 9.95. The van der Waals surface area contributed by atoms with Gasteiger partial charge in [0.25, 0.3) is 0 Å². The van der Waals surface area contributed by atoms with Crippen LogP contribution in [0.5, 0.6) is 0 Å². The minimum absolute atomic E-state index is 0.0551. The highest BCUT2D eigenvalue weighted by atomic mass is 16.5. The number of carbonyl (C=O) groups is 2. The molecule has 140 valence electrons. The molecule has 0 bridgehead atoms. The summed E-state index contributed by atoms with van der Waals surface area (Å²) in [5.41, 5.74) is 7.34. The Kier molecular flexibility index (Phi) is 4.35. The van der Waals surface area contributed by atoms with Gasteiger partial charge in [0.05, 0.1) is 22.9 Å². The first-order valence-electron chi connectivity index (χ1n) is 8.82. The SMILES string of the molecule is Cc1noc([C@@H]2CN(C(=O)CCc3nc4ccccc4[nH]3)C[C@H]2C(N)=O)n1. The Morgan fingerprint density at radius 3 is 2.81 bits per heavy atom. The summed E-state index contributed by atoms with van der Waals surface area (Å²) < 4.78 is 5.20. The number of para-hydroxylation sites is 2. The first-order chi connectivity index (χ1) is 13.0. The number of hydrogen-bond acceptors (Lipinski definition) is 6. The zero-order chi connectivity index (χ0) is 19.0. The molecule has 4 rings (SSSR count). The van der Waals surface area contributed by atoms with E-state index >= 15 is 0 Å². The number of fused-ring (bicyclic) bond motifs is 1. The van der Waals surface area contributed by atoms with Gasteiger partial charge >= 0.3 is 0 Å². The van der Waals surface area contributed by atoms with Crippen LogP contribution in [0.3, 0.4) is 0 Å². The van der Waals surface area contributed by atoms with Gasteiger partial charge in [-0.05, 0) is 19.1 Å². The number of rotatable bonds is 5. The van der Waals surface area contributed by atoms with Gasteiger partial charge in [0, 0.05) is 25.9 Å². The summed E-state index contributed by atoms with van der Waals surface area (Å²) in [5, 5.41) is 3.77. The molecule has 9 nitrogen and oxygen atoms in total. The molecule has 0 aliphatic carbocycles. The van der Waals surface area contributed by atoms with Crippen LogP contribution < -0.4 is 5.73 Å². The van der Waals surface area contributed by atoms with Crippen molar-refractivity contribution in [2.45, 2.75) is 25.7 Å². The molecule has 1 fully saturated rings. The third-order valence-corrected chi connectivity index (χ3v) is 4.91. The fraction of sp³-hybridized carbons (Fsp3) is 0.389. The molecular weight excluding hydrogens is 348 g/mol. The first kappa shape index (κ1) is 17.2. The molecular formula is C18H20N6O3. The molecule has 2 amide bonds. The van der Waals surface area contributed by atoms with Crippen molar-refractivity contribution in [2.75, 3.05) is 13.1 Å². The number of aryl methyl sites for hydroxylation is 2. The van der Waals surface area contributed by atoms with Crippen LogP contribution in [0, 0.1) is 12.8 Å². The Bertz CT molecular complexity index is 961. The zero-order valence-corrected chi connectivity index (χ0v) is 14.9. The zero-order valence-electron chi connectivity index (χ0n) is 14.9. The van der Waals surface area contributed by atoms with Crippen molar-refractivity contribution in [1.29, 1.82) is 0 Å². The molecule has 1 aliphatic heterocycles. The van der Waals surface area contributed by atoms with Crippen LogP contribution in [0.25, 0.3) is 11.0 Å². The second-order valence-electron chi connectivity index (χ2n) is 6.79. The van der Waals surface area contributed by atoms with Crippen molar-refractivity contribution in [1.82, 2.24) is 25.0 Å². The van der Waals surface area contributed by atoms with E-state index in [0.29, 0.717) is 31.1 Å². The van der Waals surface area contributed by atoms with Crippen molar-refractivity contribution < 1.29 is 14.1 Å². The predicted octanol–water partition coefficient (Wildman–Crippen LogP) is 0.914. The quantitative estimate of drug-likeness (QED) is 0.688. The molecule has 2 atom stereocenters. The van der Waals surface area contributed by atoms with E-state index in [1.807, 2.05) is 24.3 Å². The average Bonchev–Trinajstić information content (AvgIpc) is 3.36. The molecule has 0 unspecified atom stereocenters. The fourth-order valence-electron chi connectivity index (χ4n) is 3.52. The highest BCUT2D eigenvalue weighted by Gasteiger charge is 2.42. The van der Waals surface area contributed by atoms with Gasteiger partial charge in [-0.15, -0.1) is 0 Å². The maximum atomic E-state index is 12.6. The average molecular weight is 368 g/mol. The summed E-state index contributed by atoms with van der Waals surface area (Å²) >= 11 is 0. The molecule has 0 radical (unpaired) electrons. The van der Waals surface area contributed by atoms with E-state index in [1.54, 1.807) is 11.8 Å². The third kappa shape index (κ3) is 3.40. The van der Waals surface area contributed by atoms with Gasteiger partial charge in [0.1, 0.15) is 5.82 Å². The number of nitrogens with one attached hydrogen (secondary N) is 1. The molecule has 27 heavy (non-hydrogen) atoms. The molecule has 1 aliphatic rings. The maximum absolute atomic E-state index is 12.6. The van der Waals surface area contributed by atoms with Gasteiger partial charge in [-0.1, -0.05) is 17.3 Å². The second kappa shape index (κ2) is 6.82. The standard InChI is InChI=1S/C18H20N6O3/c1-10-20-18(27-23-10)12-9-24(8-11(12)17(19)26)16(25)7-6-15-21-13-4-2-3-5-14(13)22-15/h2-5,11-12H,6-9H2,1H3,(H2,19,26)(H,21,22)/t11-,12-/m1/s1. The number of amides is 2. The van der Waals surface area contributed by atoms with E-state index < -0.39 is 11.8 Å². The van der Waals surface area contributed by atoms with E-state index in [1.165, 1.54) is 0 Å². The number of H-pyrrole nitrogens is 1. The number of nitrogens with zero attached hydrogens (tertiary/aromatic N) is 4. The maximum Gasteiger partial charge on any atom is 0.232 e. The van der Waals surface area contributed by atoms with Gasteiger partial charge in [0.2, 0.25) is 17.7 Å². The molecule has 2 aromatic heterocycles. The summed E-state index contributed by atoms with van der Waals surface area (Å²) in [6.45, 7) is 2.31. The van der Waals surface area contributed by atoms with E-state index in [2.05, 4.69) is 20.1 Å². The number of hydrogen-bond donors (Lipinski definition) is 2. The molecule has 1 aromatic carbocycles. The Labute approximate surface area is 154 Å². The fourth-order valence-corrected chi connectivity index (χ4v) is 3.52. The van der Waals surface area contributed by atoms with Crippen molar-refractivity contribution in [3.8, 4) is 0 Å². The van der Waals surface area contributed by atoms with Crippen LogP contribution in [0.2, 0.25) is 0 Å². The monoisotopic (exact) mass is 368 g/mol. The topological polar surface area (TPSA) is 131 Å². The van der Waals surface area contributed by atoms with Crippen molar-refractivity contribution in [3.63, 3.8) is 0 Å². The van der Waals surface area contributed by atoms with E-state index in [-0.39, 0.29) is 18.4 Å². The lowest BCUT2D eigenvalue weighted by molar-refractivity contribution is -0.130. The number of imidazole rings is 1. The Morgan fingerprint density at radius 2 is 2.11 bits per heavy atom. The van der Waals surface area contributed by atoms with Crippen molar-refractivity contribution >= 4 is 22.8 Å². The number of aromatic amines is 1.